The summed E-state index contributed by atoms with van der Waals surface area (Å²) >= 11 is 0. The van der Waals surface area contributed by atoms with Crippen molar-refractivity contribution in [2.75, 3.05) is 6.61 Å². The summed E-state index contributed by atoms with van der Waals surface area (Å²) in [6, 6.07) is 12.0. The third-order valence-corrected chi connectivity index (χ3v) is 2.92. The zero-order chi connectivity index (χ0) is 16.1. The fraction of sp³-hybridized carbons (Fsp3) is 0.0625. The van der Waals surface area contributed by atoms with Crippen LogP contribution in [0.5, 0.6) is 5.75 Å². The van der Waals surface area contributed by atoms with E-state index in [1.54, 1.807) is 30.3 Å². The van der Waals surface area contributed by atoms with Crippen LogP contribution in [0.2, 0.25) is 0 Å². The van der Waals surface area contributed by atoms with Gasteiger partial charge < -0.3 is 14.9 Å². The van der Waals surface area contributed by atoms with Gasteiger partial charge in [-0.1, -0.05) is 30.3 Å². The van der Waals surface area contributed by atoms with Crippen molar-refractivity contribution >= 4 is 17.7 Å². The molecule has 0 fully saturated rings. The topological polar surface area (TPSA) is 101 Å². The highest BCUT2D eigenvalue weighted by Gasteiger charge is 2.17. The number of carboxylic acid groups (broad SMARTS) is 2. The lowest BCUT2D eigenvalue weighted by molar-refractivity contribution is 0.0651. The van der Waals surface area contributed by atoms with Gasteiger partial charge in [0.1, 0.15) is 5.75 Å². The molecule has 0 aliphatic carbocycles. The molecule has 112 valence electrons. The van der Waals surface area contributed by atoms with Gasteiger partial charge in [-0.2, -0.15) is 0 Å². The Morgan fingerprint density at radius 2 is 1.50 bits per heavy atom. The molecule has 2 N–H and O–H groups in total. The molecule has 0 unspecified atom stereocenters. The number of hydrogen-bond donors (Lipinski definition) is 2. The van der Waals surface area contributed by atoms with E-state index < -0.39 is 17.5 Å². The SMILES string of the molecule is O=C(COc1ccc(C(=O)O)c(C(=O)O)c1)c1ccccc1. The van der Waals surface area contributed by atoms with Crippen LogP contribution < -0.4 is 4.74 Å². The van der Waals surface area contributed by atoms with Crippen LogP contribution in [0.1, 0.15) is 31.1 Å². The van der Waals surface area contributed by atoms with Crippen LogP contribution in [0.3, 0.4) is 0 Å². The molecular formula is C16H12O6. The van der Waals surface area contributed by atoms with Gasteiger partial charge in [0.25, 0.3) is 0 Å². The van der Waals surface area contributed by atoms with Crippen molar-refractivity contribution in [3.63, 3.8) is 0 Å². The van der Waals surface area contributed by atoms with E-state index >= 15 is 0 Å². The van der Waals surface area contributed by atoms with Crippen molar-refractivity contribution in [3.05, 3.63) is 65.2 Å². The summed E-state index contributed by atoms with van der Waals surface area (Å²) in [6.45, 7) is -0.268. The number of ketones is 1. The highest BCUT2D eigenvalue weighted by atomic mass is 16.5. The second-order valence-corrected chi connectivity index (χ2v) is 4.40. The van der Waals surface area contributed by atoms with Gasteiger partial charge in [-0.15, -0.1) is 0 Å². The van der Waals surface area contributed by atoms with Crippen LogP contribution in [0.25, 0.3) is 0 Å². The zero-order valence-electron chi connectivity index (χ0n) is 11.4. The summed E-state index contributed by atoms with van der Waals surface area (Å²) < 4.78 is 5.24. The molecule has 0 aliphatic heterocycles. The summed E-state index contributed by atoms with van der Waals surface area (Å²) in [5.41, 5.74) is -0.255. The first-order valence-corrected chi connectivity index (χ1v) is 6.30. The molecule has 0 radical (unpaired) electrons. The van der Waals surface area contributed by atoms with Crippen LogP contribution in [0, 0.1) is 0 Å². The van der Waals surface area contributed by atoms with Crippen molar-refractivity contribution in [1.82, 2.24) is 0 Å². The Morgan fingerprint density at radius 1 is 0.864 bits per heavy atom. The van der Waals surface area contributed by atoms with E-state index in [0.29, 0.717) is 5.56 Å². The number of carbonyl (C=O) groups is 3. The minimum Gasteiger partial charge on any atom is -0.485 e. The van der Waals surface area contributed by atoms with Gasteiger partial charge in [0.2, 0.25) is 0 Å². The predicted octanol–water partition coefficient (Wildman–Crippen LogP) is 2.34. The van der Waals surface area contributed by atoms with E-state index in [2.05, 4.69) is 0 Å². The fourth-order valence-corrected chi connectivity index (χ4v) is 1.83. The second-order valence-electron chi connectivity index (χ2n) is 4.40. The lowest BCUT2D eigenvalue weighted by atomic mass is 10.1. The maximum atomic E-state index is 11.9. The molecule has 0 amide bonds. The van der Waals surface area contributed by atoms with E-state index in [1.165, 1.54) is 6.07 Å². The Kier molecular flexibility index (Phi) is 4.53. The summed E-state index contributed by atoms with van der Waals surface area (Å²) in [5.74, 6) is -2.87. The third-order valence-electron chi connectivity index (χ3n) is 2.92. The van der Waals surface area contributed by atoms with Crippen molar-refractivity contribution < 1.29 is 29.3 Å². The molecule has 0 aliphatic rings. The minimum atomic E-state index is -1.38. The quantitative estimate of drug-likeness (QED) is 0.794. The molecule has 0 aromatic heterocycles. The van der Waals surface area contributed by atoms with Crippen molar-refractivity contribution in [2.24, 2.45) is 0 Å². The smallest absolute Gasteiger partial charge is 0.336 e. The maximum Gasteiger partial charge on any atom is 0.336 e. The molecule has 0 bridgehead atoms. The van der Waals surface area contributed by atoms with E-state index in [-0.39, 0.29) is 23.7 Å². The Labute approximate surface area is 125 Å². The Hall–Kier alpha value is -3.15. The maximum absolute atomic E-state index is 11.9. The number of hydrogen-bond acceptors (Lipinski definition) is 4. The second kappa shape index (κ2) is 6.53. The van der Waals surface area contributed by atoms with Crippen LogP contribution in [-0.4, -0.2) is 34.5 Å². The van der Waals surface area contributed by atoms with Gasteiger partial charge in [0, 0.05) is 5.56 Å². The summed E-state index contributed by atoms with van der Waals surface area (Å²) in [6.07, 6.45) is 0. The monoisotopic (exact) mass is 300 g/mol. The number of carboxylic acids is 2. The van der Waals surface area contributed by atoms with Crippen molar-refractivity contribution in [3.8, 4) is 5.75 Å². The van der Waals surface area contributed by atoms with Gasteiger partial charge in [0.15, 0.2) is 12.4 Å². The highest BCUT2D eigenvalue weighted by Crippen LogP contribution is 2.18. The summed E-state index contributed by atoms with van der Waals surface area (Å²) in [7, 11) is 0. The Morgan fingerprint density at radius 3 is 2.09 bits per heavy atom. The molecule has 2 aromatic carbocycles. The van der Waals surface area contributed by atoms with E-state index in [4.69, 9.17) is 14.9 Å². The standard InChI is InChI=1S/C16H12O6/c17-14(10-4-2-1-3-5-10)9-22-11-6-7-12(15(18)19)13(8-11)16(20)21/h1-8H,9H2,(H,18,19)(H,20,21). The molecule has 6 heteroatoms. The van der Waals surface area contributed by atoms with Gasteiger partial charge in [0.05, 0.1) is 11.1 Å². The molecule has 2 aromatic rings. The molecular weight excluding hydrogens is 288 g/mol. The first kappa shape index (κ1) is 15.2. The Balaban J connectivity index is 2.14. The lowest BCUT2D eigenvalue weighted by Crippen LogP contribution is -2.13. The lowest BCUT2D eigenvalue weighted by Gasteiger charge is -2.08. The van der Waals surface area contributed by atoms with Crippen molar-refractivity contribution in [1.29, 1.82) is 0 Å². The summed E-state index contributed by atoms with van der Waals surface area (Å²) in [5, 5.41) is 17.9. The summed E-state index contributed by atoms with van der Waals surface area (Å²) in [4.78, 5) is 33.9. The van der Waals surface area contributed by atoms with Crippen LogP contribution in [0.15, 0.2) is 48.5 Å². The van der Waals surface area contributed by atoms with Gasteiger partial charge >= 0.3 is 11.9 Å². The minimum absolute atomic E-state index is 0.117. The average Bonchev–Trinajstić information content (AvgIpc) is 2.53. The van der Waals surface area contributed by atoms with E-state index in [0.717, 1.165) is 12.1 Å². The highest BCUT2D eigenvalue weighted by molar-refractivity contribution is 6.02. The first-order valence-electron chi connectivity index (χ1n) is 6.30. The van der Waals surface area contributed by atoms with Crippen LogP contribution in [-0.2, 0) is 0 Å². The van der Waals surface area contributed by atoms with Gasteiger partial charge in [-0.3, -0.25) is 4.79 Å². The molecule has 0 heterocycles. The van der Waals surface area contributed by atoms with Crippen LogP contribution in [0.4, 0.5) is 0 Å². The molecule has 0 saturated carbocycles. The number of Topliss-reactive ketones (excluding diaryl/α,β-unsaturated/α-hetero) is 1. The molecule has 0 atom stereocenters. The first-order chi connectivity index (χ1) is 10.5. The molecule has 0 saturated heterocycles. The zero-order valence-corrected chi connectivity index (χ0v) is 11.4. The largest absolute Gasteiger partial charge is 0.485 e. The molecule has 0 spiro atoms. The number of rotatable bonds is 6. The van der Waals surface area contributed by atoms with E-state index in [1.807, 2.05) is 0 Å². The third kappa shape index (κ3) is 3.49. The molecule has 6 nitrogen and oxygen atoms in total. The van der Waals surface area contributed by atoms with E-state index in [9.17, 15) is 14.4 Å². The normalized spacial score (nSPS) is 10.0. The number of aromatic carboxylic acids is 2. The number of carbonyl (C=O) groups excluding carboxylic acids is 1. The molecule has 22 heavy (non-hydrogen) atoms. The van der Waals surface area contributed by atoms with Gasteiger partial charge in [-0.05, 0) is 18.2 Å². The Bertz CT molecular complexity index is 721. The van der Waals surface area contributed by atoms with Crippen molar-refractivity contribution in [2.45, 2.75) is 0 Å². The number of ether oxygens (including phenoxy) is 1. The predicted molar refractivity (Wildman–Crippen MR) is 76.6 cm³/mol. The molecule has 2 rings (SSSR count). The average molecular weight is 300 g/mol. The van der Waals surface area contributed by atoms with Gasteiger partial charge in [-0.25, -0.2) is 9.59 Å². The van der Waals surface area contributed by atoms with Crippen LogP contribution >= 0.6 is 0 Å². The fourth-order valence-electron chi connectivity index (χ4n) is 1.83. The number of benzene rings is 2.